The number of para-hydroxylation sites is 2. The third-order valence-electron chi connectivity index (χ3n) is 2.65. The fraction of sp³-hybridized carbons (Fsp3) is 0.500. The second kappa shape index (κ2) is 8.72. The predicted octanol–water partition coefficient (Wildman–Crippen LogP) is 2.07. The minimum atomic E-state index is 0.519. The first kappa shape index (κ1) is 15.7. The van der Waals surface area contributed by atoms with E-state index in [2.05, 4.69) is 11.8 Å². The predicted molar refractivity (Wildman–Crippen MR) is 82.0 cm³/mol. The van der Waals surface area contributed by atoms with Gasteiger partial charge in [-0.25, -0.2) is 0 Å². The molecule has 0 heterocycles. The molecule has 0 unspecified atom stereocenters. The number of rotatable bonds is 9. The maximum Gasteiger partial charge on any atom is 0.161 e. The standard InChI is InChI=1S/C14H22N2O2S/c1-3-8-16(11-14(15)19)9-10-18-13-7-5-4-6-12(13)17-2/h4-7H,3,8-11H2,1-2H3,(H2,15,19). The topological polar surface area (TPSA) is 47.7 Å². The van der Waals surface area contributed by atoms with Crippen LogP contribution in [-0.4, -0.2) is 43.2 Å². The van der Waals surface area contributed by atoms with E-state index in [1.165, 1.54) is 0 Å². The highest BCUT2D eigenvalue weighted by Crippen LogP contribution is 2.25. The van der Waals surface area contributed by atoms with Crippen molar-refractivity contribution in [1.82, 2.24) is 4.90 Å². The van der Waals surface area contributed by atoms with Crippen molar-refractivity contribution < 1.29 is 9.47 Å². The van der Waals surface area contributed by atoms with Gasteiger partial charge >= 0.3 is 0 Å². The molecule has 0 bridgehead atoms. The zero-order valence-corrected chi connectivity index (χ0v) is 12.4. The first-order valence-electron chi connectivity index (χ1n) is 6.43. The SMILES string of the molecule is CCCN(CCOc1ccccc1OC)CC(N)=S. The third kappa shape index (κ3) is 5.89. The van der Waals surface area contributed by atoms with Crippen molar-refractivity contribution in [3.8, 4) is 11.5 Å². The van der Waals surface area contributed by atoms with Crippen LogP contribution < -0.4 is 15.2 Å². The average molecular weight is 282 g/mol. The van der Waals surface area contributed by atoms with Crippen LogP contribution in [0.25, 0.3) is 0 Å². The summed E-state index contributed by atoms with van der Waals surface area (Å²) in [4.78, 5) is 2.71. The van der Waals surface area contributed by atoms with E-state index in [1.807, 2.05) is 24.3 Å². The minimum absolute atomic E-state index is 0.519. The Hall–Kier alpha value is -1.33. The Morgan fingerprint density at radius 3 is 2.53 bits per heavy atom. The maximum absolute atomic E-state index is 5.74. The summed E-state index contributed by atoms with van der Waals surface area (Å²) in [5.74, 6) is 1.51. The largest absolute Gasteiger partial charge is 0.493 e. The molecule has 5 heteroatoms. The van der Waals surface area contributed by atoms with Crippen LogP contribution in [0.5, 0.6) is 11.5 Å². The average Bonchev–Trinajstić information content (AvgIpc) is 2.39. The number of benzene rings is 1. The summed E-state index contributed by atoms with van der Waals surface area (Å²) >= 11 is 4.94. The summed E-state index contributed by atoms with van der Waals surface area (Å²) in [5, 5.41) is 0. The van der Waals surface area contributed by atoms with Gasteiger partial charge in [0.2, 0.25) is 0 Å². The van der Waals surface area contributed by atoms with Gasteiger partial charge in [0, 0.05) is 13.1 Å². The molecule has 0 saturated carbocycles. The van der Waals surface area contributed by atoms with Gasteiger partial charge in [-0.3, -0.25) is 4.90 Å². The van der Waals surface area contributed by atoms with Gasteiger partial charge in [0.1, 0.15) is 6.61 Å². The lowest BCUT2D eigenvalue weighted by Gasteiger charge is -2.21. The highest BCUT2D eigenvalue weighted by atomic mass is 32.1. The van der Waals surface area contributed by atoms with Crippen molar-refractivity contribution in [2.75, 3.05) is 33.4 Å². The smallest absolute Gasteiger partial charge is 0.161 e. The molecule has 0 amide bonds. The third-order valence-corrected chi connectivity index (χ3v) is 2.78. The molecule has 0 fully saturated rings. The molecule has 0 spiro atoms. The van der Waals surface area contributed by atoms with E-state index in [1.54, 1.807) is 7.11 Å². The zero-order valence-electron chi connectivity index (χ0n) is 11.6. The molecule has 0 aliphatic heterocycles. The Bertz CT molecular complexity index is 399. The highest BCUT2D eigenvalue weighted by Gasteiger charge is 2.07. The Labute approximate surface area is 120 Å². The van der Waals surface area contributed by atoms with Gasteiger partial charge in [0.05, 0.1) is 12.1 Å². The second-order valence-corrected chi connectivity index (χ2v) is 4.77. The number of methoxy groups -OCH3 is 1. The molecule has 2 N–H and O–H groups in total. The van der Waals surface area contributed by atoms with Crippen molar-refractivity contribution >= 4 is 17.2 Å². The van der Waals surface area contributed by atoms with Crippen LogP contribution in [0.1, 0.15) is 13.3 Å². The van der Waals surface area contributed by atoms with Crippen LogP contribution in [0.15, 0.2) is 24.3 Å². The molecule has 0 saturated heterocycles. The minimum Gasteiger partial charge on any atom is -0.493 e. The van der Waals surface area contributed by atoms with Crippen molar-refractivity contribution in [2.24, 2.45) is 5.73 Å². The molecule has 1 rings (SSSR count). The van der Waals surface area contributed by atoms with E-state index >= 15 is 0 Å². The Morgan fingerprint density at radius 1 is 1.26 bits per heavy atom. The summed E-state index contributed by atoms with van der Waals surface area (Å²) in [6.45, 7) is 5.12. The van der Waals surface area contributed by atoms with E-state index in [-0.39, 0.29) is 0 Å². The first-order chi connectivity index (χ1) is 9.17. The Kier molecular flexibility index (Phi) is 7.22. The van der Waals surface area contributed by atoms with Gasteiger partial charge in [0.25, 0.3) is 0 Å². The lowest BCUT2D eigenvalue weighted by molar-refractivity contribution is 0.221. The van der Waals surface area contributed by atoms with E-state index in [4.69, 9.17) is 27.4 Å². The Morgan fingerprint density at radius 2 is 1.95 bits per heavy atom. The number of nitrogens with two attached hydrogens (primary N) is 1. The monoisotopic (exact) mass is 282 g/mol. The summed E-state index contributed by atoms with van der Waals surface area (Å²) in [5.41, 5.74) is 5.58. The van der Waals surface area contributed by atoms with E-state index in [9.17, 15) is 0 Å². The van der Waals surface area contributed by atoms with E-state index in [0.29, 0.717) is 18.1 Å². The summed E-state index contributed by atoms with van der Waals surface area (Å²) in [7, 11) is 1.64. The van der Waals surface area contributed by atoms with Gasteiger partial charge in [-0.15, -0.1) is 0 Å². The summed E-state index contributed by atoms with van der Waals surface area (Å²) in [6.07, 6.45) is 1.07. The van der Waals surface area contributed by atoms with Crippen LogP contribution in [0.3, 0.4) is 0 Å². The van der Waals surface area contributed by atoms with Gasteiger partial charge < -0.3 is 15.2 Å². The number of thiocarbonyl (C=S) groups is 1. The van der Waals surface area contributed by atoms with Gasteiger partial charge in [-0.05, 0) is 25.1 Å². The molecular weight excluding hydrogens is 260 g/mol. The maximum atomic E-state index is 5.74. The quantitative estimate of drug-likeness (QED) is 0.703. The van der Waals surface area contributed by atoms with Crippen LogP contribution in [-0.2, 0) is 0 Å². The molecule has 1 aromatic carbocycles. The van der Waals surface area contributed by atoms with E-state index < -0.39 is 0 Å². The van der Waals surface area contributed by atoms with Crippen molar-refractivity contribution in [2.45, 2.75) is 13.3 Å². The molecule has 0 aliphatic carbocycles. The number of hydrogen-bond donors (Lipinski definition) is 1. The lowest BCUT2D eigenvalue weighted by atomic mass is 10.3. The molecular formula is C14H22N2O2S. The molecule has 0 radical (unpaired) electrons. The summed E-state index contributed by atoms with van der Waals surface area (Å²) in [6, 6.07) is 7.63. The summed E-state index contributed by atoms with van der Waals surface area (Å²) < 4.78 is 11.0. The molecule has 0 atom stereocenters. The van der Waals surface area contributed by atoms with Gasteiger partial charge in [0.15, 0.2) is 11.5 Å². The lowest BCUT2D eigenvalue weighted by Crippen LogP contribution is -2.36. The number of nitrogens with zero attached hydrogens (tertiary/aromatic N) is 1. The fourth-order valence-electron chi connectivity index (χ4n) is 1.83. The fourth-order valence-corrected chi connectivity index (χ4v) is 2.01. The van der Waals surface area contributed by atoms with E-state index in [0.717, 1.165) is 31.0 Å². The normalized spacial score (nSPS) is 10.5. The first-order valence-corrected chi connectivity index (χ1v) is 6.84. The van der Waals surface area contributed by atoms with Crippen molar-refractivity contribution in [3.05, 3.63) is 24.3 Å². The van der Waals surface area contributed by atoms with Crippen LogP contribution in [0, 0.1) is 0 Å². The molecule has 106 valence electrons. The number of hydrogen-bond acceptors (Lipinski definition) is 4. The second-order valence-electron chi connectivity index (χ2n) is 4.24. The van der Waals surface area contributed by atoms with Crippen LogP contribution >= 0.6 is 12.2 Å². The number of ether oxygens (including phenoxy) is 2. The Balaban J connectivity index is 2.44. The van der Waals surface area contributed by atoms with Crippen LogP contribution in [0.4, 0.5) is 0 Å². The van der Waals surface area contributed by atoms with Gasteiger partial charge in [-0.2, -0.15) is 0 Å². The molecule has 19 heavy (non-hydrogen) atoms. The molecule has 0 aliphatic rings. The van der Waals surface area contributed by atoms with Crippen molar-refractivity contribution in [3.63, 3.8) is 0 Å². The van der Waals surface area contributed by atoms with Crippen LogP contribution in [0.2, 0.25) is 0 Å². The molecule has 0 aromatic heterocycles. The highest BCUT2D eigenvalue weighted by molar-refractivity contribution is 7.80. The molecule has 1 aromatic rings. The molecule has 4 nitrogen and oxygen atoms in total. The van der Waals surface area contributed by atoms with Gasteiger partial charge in [-0.1, -0.05) is 31.3 Å². The van der Waals surface area contributed by atoms with Crippen molar-refractivity contribution in [1.29, 1.82) is 0 Å². The zero-order chi connectivity index (χ0) is 14.1.